The maximum atomic E-state index is 12.6. The Balaban J connectivity index is 1.68. The maximum Gasteiger partial charge on any atom is 0.253 e. The highest BCUT2D eigenvalue weighted by Gasteiger charge is 2.57. The van der Waals surface area contributed by atoms with E-state index in [2.05, 4.69) is 10.3 Å². The van der Waals surface area contributed by atoms with E-state index in [1.54, 1.807) is 6.07 Å². The van der Waals surface area contributed by atoms with Gasteiger partial charge in [0.2, 0.25) is 5.88 Å². The van der Waals surface area contributed by atoms with Gasteiger partial charge in [-0.3, -0.25) is 4.79 Å². The first-order chi connectivity index (χ1) is 11.6. The van der Waals surface area contributed by atoms with E-state index in [1.807, 2.05) is 13.8 Å². The predicted molar refractivity (Wildman–Crippen MR) is 92.6 cm³/mol. The molecule has 2 fully saturated rings. The van der Waals surface area contributed by atoms with E-state index in [4.69, 9.17) is 21.1 Å². The van der Waals surface area contributed by atoms with E-state index >= 15 is 0 Å². The summed E-state index contributed by atoms with van der Waals surface area (Å²) in [6.07, 6.45) is 7.37. The molecule has 0 aliphatic heterocycles. The van der Waals surface area contributed by atoms with Crippen molar-refractivity contribution >= 4 is 17.5 Å². The number of aromatic nitrogens is 1. The van der Waals surface area contributed by atoms with E-state index in [1.165, 1.54) is 19.0 Å². The Morgan fingerprint density at radius 2 is 2.12 bits per heavy atom. The summed E-state index contributed by atoms with van der Waals surface area (Å²) < 4.78 is 11.2. The van der Waals surface area contributed by atoms with E-state index in [9.17, 15) is 4.79 Å². The molecule has 0 aromatic carbocycles. The fourth-order valence-corrected chi connectivity index (χ4v) is 4.34. The smallest absolute Gasteiger partial charge is 0.253 e. The normalized spacial score (nSPS) is 24.6. The Morgan fingerprint density at radius 1 is 1.38 bits per heavy atom. The average Bonchev–Trinajstić information content (AvgIpc) is 3.08. The van der Waals surface area contributed by atoms with Gasteiger partial charge in [0.05, 0.1) is 18.3 Å². The molecule has 2 aliphatic rings. The van der Waals surface area contributed by atoms with Crippen LogP contribution in [0.1, 0.15) is 56.3 Å². The topological polar surface area (TPSA) is 60.5 Å². The van der Waals surface area contributed by atoms with Crippen molar-refractivity contribution in [2.45, 2.75) is 58.1 Å². The highest BCUT2D eigenvalue weighted by Crippen LogP contribution is 2.54. The Bertz CT molecular complexity index is 602. The van der Waals surface area contributed by atoms with Crippen LogP contribution >= 0.6 is 11.6 Å². The summed E-state index contributed by atoms with van der Waals surface area (Å²) in [4.78, 5) is 16.7. The first-order valence-corrected chi connectivity index (χ1v) is 9.19. The number of halogens is 1. The van der Waals surface area contributed by atoms with E-state index < -0.39 is 0 Å². The van der Waals surface area contributed by atoms with Crippen LogP contribution in [0.4, 0.5) is 0 Å². The van der Waals surface area contributed by atoms with Gasteiger partial charge >= 0.3 is 0 Å². The van der Waals surface area contributed by atoms with Gasteiger partial charge < -0.3 is 14.8 Å². The zero-order valence-corrected chi connectivity index (χ0v) is 15.1. The molecule has 6 heteroatoms. The summed E-state index contributed by atoms with van der Waals surface area (Å²) in [6.45, 7) is 5.11. The molecule has 0 bridgehead atoms. The van der Waals surface area contributed by atoms with E-state index in [0.29, 0.717) is 23.1 Å². The molecule has 132 valence electrons. The molecule has 2 saturated carbocycles. The second kappa shape index (κ2) is 7.28. The zero-order chi connectivity index (χ0) is 17.2. The molecule has 0 unspecified atom stereocenters. The summed E-state index contributed by atoms with van der Waals surface area (Å²) in [5, 5.41) is 3.54. The number of amides is 1. The summed E-state index contributed by atoms with van der Waals surface area (Å²) in [5.74, 6) is 0.238. The van der Waals surface area contributed by atoms with Crippen LogP contribution in [-0.4, -0.2) is 36.3 Å². The number of carbonyl (C=O) groups is 1. The lowest BCUT2D eigenvalue weighted by Gasteiger charge is -2.54. The van der Waals surface area contributed by atoms with Gasteiger partial charge in [0.1, 0.15) is 5.02 Å². The van der Waals surface area contributed by atoms with Crippen molar-refractivity contribution in [3.63, 3.8) is 0 Å². The summed E-state index contributed by atoms with van der Waals surface area (Å²) >= 11 is 6.13. The first kappa shape index (κ1) is 17.5. The highest BCUT2D eigenvalue weighted by molar-refractivity contribution is 6.32. The van der Waals surface area contributed by atoms with Crippen LogP contribution in [0.15, 0.2) is 12.3 Å². The largest absolute Gasteiger partial charge is 0.477 e. The molecule has 24 heavy (non-hydrogen) atoms. The minimum absolute atomic E-state index is 0.119. The molecule has 1 spiro atoms. The van der Waals surface area contributed by atoms with Crippen LogP contribution in [0.25, 0.3) is 0 Å². The van der Waals surface area contributed by atoms with Crippen molar-refractivity contribution in [1.82, 2.24) is 10.3 Å². The number of rotatable bonds is 6. The van der Waals surface area contributed by atoms with E-state index in [0.717, 1.165) is 25.9 Å². The highest BCUT2D eigenvalue weighted by atomic mass is 35.5. The molecule has 0 radical (unpaired) electrons. The number of pyridine rings is 1. The SMILES string of the molecule is CCOc1ncc(C(=O)N[C@H]2C[C@@H](OCC)C23CCCC3)cc1Cl. The minimum Gasteiger partial charge on any atom is -0.477 e. The number of nitrogens with one attached hydrogen (secondary N) is 1. The number of ether oxygens (including phenoxy) is 2. The van der Waals surface area contributed by atoms with Crippen LogP contribution < -0.4 is 10.1 Å². The quantitative estimate of drug-likeness (QED) is 0.849. The molecular formula is C18H25ClN2O3. The lowest BCUT2D eigenvalue weighted by molar-refractivity contribution is -0.127. The van der Waals surface area contributed by atoms with Gasteiger partial charge in [-0.2, -0.15) is 0 Å². The summed E-state index contributed by atoms with van der Waals surface area (Å²) in [6, 6.07) is 1.80. The monoisotopic (exact) mass is 352 g/mol. The molecule has 1 N–H and O–H groups in total. The molecule has 2 atom stereocenters. The molecule has 2 aliphatic carbocycles. The summed E-state index contributed by atoms with van der Waals surface area (Å²) in [5.41, 5.74) is 0.588. The van der Waals surface area contributed by atoms with Crippen LogP contribution in [0.5, 0.6) is 5.88 Å². The van der Waals surface area contributed by atoms with Gasteiger partial charge in [0.15, 0.2) is 0 Å². The third kappa shape index (κ3) is 3.11. The van der Waals surface area contributed by atoms with Gasteiger partial charge in [0, 0.05) is 24.3 Å². The lowest BCUT2D eigenvalue weighted by atomic mass is 9.60. The zero-order valence-electron chi connectivity index (χ0n) is 14.3. The number of carbonyl (C=O) groups excluding carboxylic acids is 1. The first-order valence-electron chi connectivity index (χ1n) is 8.81. The van der Waals surface area contributed by atoms with Gasteiger partial charge in [0.25, 0.3) is 5.91 Å². The molecule has 0 saturated heterocycles. The molecular weight excluding hydrogens is 328 g/mol. The number of hydrogen-bond acceptors (Lipinski definition) is 4. The van der Waals surface area contributed by atoms with Crippen molar-refractivity contribution in [2.24, 2.45) is 5.41 Å². The Labute approximate surface area is 148 Å². The summed E-state index contributed by atoms with van der Waals surface area (Å²) in [7, 11) is 0. The van der Waals surface area contributed by atoms with Crippen LogP contribution in [0.3, 0.4) is 0 Å². The van der Waals surface area contributed by atoms with Crippen molar-refractivity contribution in [3.05, 3.63) is 22.8 Å². The third-order valence-corrected chi connectivity index (χ3v) is 5.61. The van der Waals surface area contributed by atoms with E-state index in [-0.39, 0.29) is 23.5 Å². The standard InChI is InChI=1S/C18H25ClN2O3/c1-3-23-15-10-14(18(15)7-5-6-8-18)21-16(22)12-9-13(19)17(20-11-12)24-4-2/h9,11,14-15H,3-8,10H2,1-2H3,(H,21,22)/t14-,15+/m0/s1. The molecule has 1 aromatic heterocycles. The second-order valence-electron chi connectivity index (χ2n) is 6.59. The van der Waals surface area contributed by atoms with Crippen molar-refractivity contribution in [1.29, 1.82) is 0 Å². The third-order valence-electron chi connectivity index (χ3n) is 5.34. The fourth-order valence-electron chi connectivity index (χ4n) is 4.12. The van der Waals surface area contributed by atoms with Gasteiger partial charge in [-0.15, -0.1) is 0 Å². The molecule has 3 rings (SSSR count). The van der Waals surface area contributed by atoms with Gasteiger partial charge in [-0.1, -0.05) is 24.4 Å². The van der Waals surface area contributed by atoms with Crippen molar-refractivity contribution in [3.8, 4) is 5.88 Å². The fraction of sp³-hybridized carbons (Fsp3) is 0.667. The van der Waals surface area contributed by atoms with Crippen LogP contribution in [0.2, 0.25) is 5.02 Å². The molecule has 1 amide bonds. The van der Waals surface area contributed by atoms with Gasteiger partial charge in [-0.05, 0) is 39.2 Å². The molecule has 1 heterocycles. The van der Waals surface area contributed by atoms with Crippen molar-refractivity contribution in [2.75, 3.05) is 13.2 Å². The predicted octanol–water partition coefficient (Wildman–Crippen LogP) is 3.60. The minimum atomic E-state index is -0.126. The van der Waals surface area contributed by atoms with Crippen molar-refractivity contribution < 1.29 is 14.3 Å². The maximum absolute atomic E-state index is 12.6. The number of hydrogen-bond donors (Lipinski definition) is 1. The second-order valence-corrected chi connectivity index (χ2v) is 7.00. The Kier molecular flexibility index (Phi) is 5.30. The molecule has 5 nitrogen and oxygen atoms in total. The lowest BCUT2D eigenvalue weighted by Crippen LogP contribution is -2.63. The Hall–Kier alpha value is -1.33. The molecule has 1 aromatic rings. The number of nitrogens with zero attached hydrogens (tertiary/aromatic N) is 1. The average molecular weight is 353 g/mol. The Morgan fingerprint density at radius 3 is 2.75 bits per heavy atom. The van der Waals surface area contributed by atoms with Crippen LogP contribution in [0, 0.1) is 5.41 Å². The van der Waals surface area contributed by atoms with Crippen LogP contribution in [-0.2, 0) is 4.74 Å². The van der Waals surface area contributed by atoms with Gasteiger partial charge in [-0.25, -0.2) is 4.98 Å².